The van der Waals surface area contributed by atoms with E-state index in [0.717, 1.165) is 17.5 Å². The summed E-state index contributed by atoms with van der Waals surface area (Å²) in [7, 11) is 3.03. The minimum Gasteiger partial charge on any atom is -0.500 e. The van der Waals surface area contributed by atoms with Gasteiger partial charge in [0.2, 0.25) is 0 Å². The third-order valence-electron chi connectivity index (χ3n) is 4.73. The highest BCUT2D eigenvalue weighted by atomic mass is 16.5. The summed E-state index contributed by atoms with van der Waals surface area (Å²) in [5, 5.41) is 0. The predicted octanol–water partition coefficient (Wildman–Crippen LogP) is 5.28. The molecule has 138 valence electrons. The molecule has 1 aliphatic carbocycles. The lowest BCUT2D eigenvalue weighted by molar-refractivity contribution is -0.136. The first-order valence-corrected chi connectivity index (χ1v) is 9.07. The summed E-state index contributed by atoms with van der Waals surface area (Å²) < 4.78 is 10.7. The van der Waals surface area contributed by atoms with E-state index in [4.69, 9.17) is 9.47 Å². The van der Waals surface area contributed by atoms with E-state index in [0.29, 0.717) is 17.8 Å². The Balaban J connectivity index is 2.03. The Hall–Kier alpha value is -3.07. The van der Waals surface area contributed by atoms with Crippen molar-refractivity contribution >= 4 is 12.0 Å². The number of rotatable bonds is 5. The van der Waals surface area contributed by atoms with Crippen molar-refractivity contribution in [2.45, 2.75) is 18.8 Å². The Morgan fingerprint density at radius 1 is 0.926 bits per heavy atom. The highest BCUT2D eigenvalue weighted by molar-refractivity contribution is 5.91. The van der Waals surface area contributed by atoms with Crippen molar-refractivity contribution in [1.29, 1.82) is 0 Å². The van der Waals surface area contributed by atoms with E-state index in [1.807, 2.05) is 48.5 Å². The summed E-state index contributed by atoms with van der Waals surface area (Å²) in [6.45, 7) is 0. The maximum Gasteiger partial charge on any atom is 0.338 e. The SMILES string of the molecule is COC(=O)C1=C(OC)CCC(/C=C/c2ccccc2)=C[C@@H]1c1ccccc1. The second kappa shape index (κ2) is 9.04. The maximum atomic E-state index is 12.6. The van der Waals surface area contributed by atoms with E-state index < -0.39 is 0 Å². The summed E-state index contributed by atoms with van der Waals surface area (Å²) in [6, 6.07) is 20.2. The van der Waals surface area contributed by atoms with E-state index in [9.17, 15) is 4.79 Å². The number of hydrogen-bond donors (Lipinski definition) is 0. The molecule has 0 N–H and O–H groups in total. The molecule has 0 fully saturated rings. The maximum absolute atomic E-state index is 12.6. The lowest BCUT2D eigenvalue weighted by Gasteiger charge is -2.18. The van der Waals surface area contributed by atoms with E-state index in [1.54, 1.807) is 7.11 Å². The van der Waals surface area contributed by atoms with Crippen LogP contribution in [-0.4, -0.2) is 20.2 Å². The number of allylic oxidation sites excluding steroid dienone is 4. The Labute approximate surface area is 160 Å². The van der Waals surface area contributed by atoms with Crippen LogP contribution in [0.5, 0.6) is 0 Å². The van der Waals surface area contributed by atoms with Gasteiger partial charge in [-0.25, -0.2) is 4.79 Å². The first kappa shape index (κ1) is 18.7. The third kappa shape index (κ3) is 4.56. The van der Waals surface area contributed by atoms with Gasteiger partial charge in [0.15, 0.2) is 0 Å². The highest BCUT2D eigenvalue weighted by Gasteiger charge is 2.29. The van der Waals surface area contributed by atoms with Crippen LogP contribution in [0.2, 0.25) is 0 Å². The molecule has 1 aliphatic rings. The largest absolute Gasteiger partial charge is 0.500 e. The summed E-state index contributed by atoms with van der Waals surface area (Å²) in [6.07, 6.45) is 7.83. The third-order valence-corrected chi connectivity index (χ3v) is 4.73. The Bertz CT molecular complexity index is 861. The number of esters is 1. The van der Waals surface area contributed by atoms with E-state index in [-0.39, 0.29) is 11.9 Å². The number of benzene rings is 2. The number of carbonyl (C=O) groups excluding carboxylic acids is 1. The van der Waals surface area contributed by atoms with Gasteiger partial charge >= 0.3 is 5.97 Å². The van der Waals surface area contributed by atoms with Crippen molar-refractivity contribution in [1.82, 2.24) is 0 Å². The average Bonchev–Trinajstić information content (AvgIpc) is 2.92. The Morgan fingerprint density at radius 3 is 2.22 bits per heavy atom. The molecular weight excluding hydrogens is 336 g/mol. The molecule has 0 saturated heterocycles. The van der Waals surface area contributed by atoms with Crippen LogP contribution in [-0.2, 0) is 14.3 Å². The van der Waals surface area contributed by atoms with Gasteiger partial charge in [-0.15, -0.1) is 0 Å². The van der Waals surface area contributed by atoms with Gasteiger partial charge in [-0.2, -0.15) is 0 Å². The van der Waals surface area contributed by atoms with Crippen LogP contribution in [0.3, 0.4) is 0 Å². The Kier molecular flexibility index (Phi) is 6.26. The monoisotopic (exact) mass is 360 g/mol. The van der Waals surface area contributed by atoms with Gasteiger partial charge in [0.25, 0.3) is 0 Å². The quantitative estimate of drug-likeness (QED) is 0.681. The van der Waals surface area contributed by atoms with Gasteiger partial charge < -0.3 is 9.47 Å². The zero-order valence-electron chi connectivity index (χ0n) is 15.7. The summed E-state index contributed by atoms with van der Waals surface area (Å²) in [5.41, 5.74) is 3.93. The van der Waals surface area contributed by atoms with Crippen LogP contribution in [0.1, 0.15) is 29.9 Å². The Morgan fingerprint density at radius 2 is 1.59 bits per heavy atom. The van der Waals surface area contributed by atoms with Gasteiger partial charge in [-0.05, 0) is 17.5 Å². The molecule has 3 heteroatoms. The van der Waals surface area contributed by atoms with E-state index in [2.05, 4.69) is 30.4 Å². The second-order valence-corrected chi connectivity index (χ2v) is 6.41. The molecule has 0 spiro atoms. The van der Waals surface area contributed by atoms with E-state index >= 15 is 0 Å². The molecule has 2 aromatic carbocycles. The molecule has 27 heavy (non-hydrogen) atoms. The molecule has 3 rings (SSSR count). The zero-order chi connectivity index (χ0) is 19.1. The minimum atomic E-state index is -0.342. The van der Waals surface area contributed by atoms with Gasteiger partial charge in [-0.1, -0.05) is 84.5 Å². The first-order chi connectivity index (χ1) is 13.2. The molecule has 0 saturated carbocycles. The molecule has 2 aromatic rings. The number of methoxy groups -OCH3 is 2. The lowest BCUT2D eigenvalue weighted by Crippen LogP contribution is -2.15. The lowest BCUT2D eigenvalue weighted by atomic mass is 9.89. The smallest absolute Gasteiger partial charge is 0.338 e. The van der Waals surface area contributed by atoms with Crippen LogP contribution >= 0.6 is 0 Å². The van der Waals surface area contributed by atoms with Gasteiger partial charge in [0.05, 0.1) is 19.8 Å². The van der Waals surface area contributed by atoms with Crippen molar-refractivity contribution in [3.63, 3.8) is 0 Å². The van der Waals surface area contributed by atoms with Crippen molar-refractivity contribution in [3.05, 3.63) is 101 Å². The van der Waals surface area contributed by atoms with Gasteiger partial charge in [-0.3, -0.25) is 0 Å². The minimum absolute atomic E-state index is 0.202. The molecule has 0 amide bonds. The topological polar surface area (TPSA) is 35.5 Å². The summed E-state index contributed by atoms with van der Waals surface area (Å²) in [5.74, 6) is 0.145. The molecule has 0 unspecified atom stereocenters. The number of ether oxygens (including phenoxy) is 2. The standard InChI is InChI=1S/C24H24O3/c1-26-22-16-15-19(14-13-18-9-5-3-6-10-18)17-21(23(22)24(25)27-2)20-11-7-4-8-12-20/h3-14,17,21H,15-16H2,1-2H3/b14-13+/t21-/m1/s1. The van der Waals surface area contributed by atoms with Crippen LogP contribution in [0.25, 0.3) is 6.08 Å². The molecular formula is C24H24O3. The van der Waals surface area contributed by atoms with Crippen LogP contribution in [0.4, 0.5) is 0 Å². The fourth-order valence-electron chi connectivity index (χ4n) is 3.34. The molecule has 0 aromatic heterocycles. The van der Waals surface area contributed by atoms with Crippen LogP contribution < -0.4 is 0 Å². The zero-order valence-corrected chi connectivity index (χ0v) is 15.7. The van der Waals surface area contributed by atoms with Gasteiger partial charge in [0.1, 0.15) is 5.76 Å². The normalized spacial score (nSPS) is 17.4. The van der Waals surface area contributed by atoms with Crippen LogP contribution in [0, 0.1) is 0 Å². The number of hydrogen-bond acceptors (Lipinski definition) is 3. The number of carbonyl (C=O) groups is 1. The molecule has 0 radical (unpaired) electrons. The fourth-order valence-corrected chi connectivity index (χ4v) is 3.34. The van der Waals surface area contributed by atoms with Crippen molar-refractivity contribution in [2.75, 3.05) is 14.2 Å². The molecule has 3 nitrogen and oxygen atoms in total. The molecule has 1 atom stereocenters. The van der Waals surface area contributed by atoms with Gasteiger partial charge in [0, 0.05) is 12.3 Å². The predicted molar refractivity (Wildman–Crippen MR) is 108 cm³/mol. The molecule has 0 heterocycles. The summed E-state index contributed by atoms with van der Waals surface area (Å²) >= 11 is 0. The van der Waals surface area contributed by atoms with Crippen molar-refractivity contribution in [3.8, 4) is 0 Å². The van der Waals surface area contributed by atoms with Crippen LogP contribution in [0.15, 0.2) is 89.7 Å². The van der Waals surface area contributed by atoms with Crippen molar-refractivity contribution in [2.24, 2.45) is 0 Å². The summed E-state index contributed by atoms with van der Waals surface area (Å²) in [4.78, 5) is 12.6. The molecule has 0 aliphatic heterocycles. The molecule has 0 bridgehead atoms. The fraction of sp³-hybridized carbons (Fsp3) is 0.208. The first-order valence-electron chi connectivity index (χ1n) is 9.07. The highest BCUT2D eigenvalue weighted by Crippen LogP contribution is 2.36. The van der Waals surface area contributed by atoms with E-state index in [1.165, 1.54) is 12.7 Å². The second-order valence-electron chi connectivity index (χ2n) is 6.41. The average molecular weight is 360 g/mol. The van der Waals surface area contributed by atoms with Crippen molar-refractivity contribution < 1.29 is 14.3 Å².